The van der Waals surface area contributed by atoms with E-state index in [-0.39, 0.29) is 0 Å². The van der Waals surface area contributed by atoms with Crippen LogP contribution in [0.1, 0.15) is 34.2 Å². The van der Waals surface area contributed by atoms with Crippen molar-refractivity contribution in [3.63, 3.8) is 0 Å². The van der Waals surface area contributed by atoms with Crippen LogP contribution < -0.4 is 0 Å². The van der Waals surface area contributed by atoms with Gasteiger partial charge in [0, 0.05) is 0 Å². The lowest BCUT2D eigenvalue weighted by Crippen LogP contribution is -1.92. The van der Waals surface area contributed by atoms with Crippen LogP contribution in [0.15, 0.2) is 24.3 Å². The van der Waals surface area contributed by atoms with Crippen LogP contribution in [0.4, 0.5) is 0 Å². The third-order valence-corrected chi connectivity index (χ3v) is 3.59. The van der Waals surface area contributed by atoms with E-state index in [9.17, 15) is 0 Å². The quantitative estimate of drug-likeness (QED) is 0.664. The molecule has 0 aromatic heterocycles. The largest absolute Gasteiger partial charge is 0.0839 e. The van der Waals surface area contributed by atoms with Crippen molar-refractivity contribution >= 4 is 16.8 Å². The van der Waals surface area contributed by atoms with Crippen LogP contribution in [-0.4, -0.2) is 0 Å². The highest BCUT2D eigenvalue weighted by Crippen LogP contribution is 2.30. The number of aryl methyl sites for hydroxylation is 4. The number of hydrogen-bond acceptors (Lipinski definition) is 0. The summed E-state index contributed by atoms with van der Waals surface area (Å²) in [4.78, 5) is 0. The molecule has 0 aliphatic heterocycles. The van der Waals surface area contributed by atoms with Crippen molar-refractivity contribution < 1.29 is 0 Å². The lowest BCUT2D eigenvalue weighted by Gasteiger charge is -2.13. The number of fused-ring (bicyclic) bond motifs is 1. The van der Waals surface area contributed by atoms with Gasteiger partial charge in [-0.25, -0.2) is 0 Å². The number of hydrogen-bond donors (Lipinski definition) is 0. The molecule has 0 fully saturated rings. The molecule has 0 heterocycles. The van der Waals surface area contributed by atoms with Gasteiger partial charge in [0.05, 0.1) is 0 Å². The smallest absolute Gasteiger partial charge is 0.0103 e. The molecule has 2 aromatic carbocycles. The Labute approximate surface area is 110 Å². The second-order valence-corrected chi connectivity index (χ2v) is 5.10. The van der Waals surface area contributed by atoms with Crippen molar-refractivity contribution in [1.82, 2.24) is 0 Å². The third kappa shape index (κ3) is 2.20. The summed E-state index contributed by atoms with van der Waals surface area (Å²) in [5, 5.41) is 2.77. The van der Waals surface area contributed by atoms with E-state index < -0.39 is 0 Å². The maximum absolute atomic E-state index is 3.87. The summed E-state index contributed by atoms with van der Waals surface area (Å²) in [6.07, 6.45) is 5.15. The molecule has 0 bridgehead atoms. The molecule has 93 valence electrons. The van der Waals surface area contributed by atoms with Crippen LogP contribution in [0, 0.1) is 34.6 Å². The molecule has 0 spiro atoms. The van der Waals surface area contributed by atoms with E-state index in [0.29, 0.717) is 0 Å². The molecule has 0 amide bonds. The average molecular weight is 237 g/mol. The third-order valence-electron chi connectivity index (χ3n) is 3.59. The zero-order chi connectivity index (χ0) is 13.3. The van der Waals surface area contributed by atoms with Gasteiger partial charge in [-0.2, -0.15) is 0 Å². The zero-order valence-electron chi connectivity index (χ0n) is 11.8. The summed E-state index contributed by atoms with van der Waals surface area (Å²) in [5.74, 6) is 0. The normalized spacial score (nSPS) is 11.6. The maximum atomic E-state index is 3.87. The first-order chi connectivity index (χ1) is 8.54. The van der Waals surface area contributed by atoms with Crippen LogP contribution >= 0.6 is 0 Å². The number of benzene rings is 2. The summed E-state index contributed by atoms with van der Waals surface area (Å²) in [7, 11) is 0. The summed E-state index contributed by atoms with van der Waals surface area (Å²) in [6.45, 7) is 12.6. The average Bonchev–Trinajstić information content (AvgIpc) is 2.31. The van der Waals surface area contributed by atoms with E-state index in [1.807, 2.05) is 0 Å². The topological polar surface area (TPSA) is 0 Å². The summed E-state index contributed by atoms with van der Waals surface area (Å²) < 4.78 is 0. The highest BCUT2D eigenvalue weighted by molar-refractivity contribution is 5.96. The summed E-state index contributed by atoms with van der Waals surface area (Å²) in [6, 6.07) is 6.84. The van der Waals surface area contributed by atoms with Crippen molar-refractivity contribution in [2.45, 2.75) is 34.1 Å². The molecule has 0 saturated heterocycles. The first kappa shape index (κ1) is 12.9. The summed E-state index contributed by atoms with van der Waals surface area (Å²) in [5.41, 5.74) is 6.76. The Balaban J connectivity index is 2.87. The van der Waals surface area contributed by atoms with Crippen LogP contribution in [-0.2, 0) is 0 Å². The Hall–Kier alpha value is -1.56. The fourth-order valence-corrected chi connectivity index (χ4v) is 2.66. The van der Waals surface area contributed by atoms with Gasteiger partial charge in [-0.15, -0.1) is 0 Å². The van der Waals surface area contributed by atoms with E-state index in [4.69, 9.17) is 0 Å². The van der Waals surface area contributed by atoms with Crippen molar-refractivity contribution in [2.24, 2.45) is 0 Å². The van der Waals surface area contributed by atoms with Crippen molar-refractivity contribution in [3.8, 4) is 0 Å². The van der Waals surface area contributed by atoms with Gasteiger partial charge in [0.25, 0.3) is 0 Å². The van der Waals surface area contributed by atoms with Gasteiger partial charge in [-0.1, -0.05) is 35.9 Å². The minimum absolute atomic E-state index is 0.833. The second kappa shape index (κ2) is 4.97. The fourth-order valence-electron chi connectivity index (χ4n) is 2.66. The SMILES string of the molecule is [CH2]CC=Cc1cc(C)c(C)c2c(C)cc(C)cc12. The number of rotatable bonds is 2. The van der Waals surface area contributed by atoms with Crippen LogP contribution in [0.2, 0.25) is 0 Å². The second-order valence-electron chi connectivity index (χ2n) is 5.10. The van der Waals surface area contributed by atoms with Gasteiger partial charge in [0.1, 0.15) is 0 Å². The van der Waals surface area contributed by atoms with Crippen molar-refractivity contribution in [2.75, 3.05) is 0 Å². The zero-order valence-corrected chi connectivity index (χ0v) is 11.8. The van der Waals surface area contributed by atoms with Gasteiger partial charge in [-0.05, 0) is 74.1 Å². The Morgan fingerprint density at radius 3 is 2.39 bits per heavy atom. The predicted octanol–water partition coefficient (Wildman–Crippen LogP) is 5.31. The molecule has 0 atom stereocenters. The van der Waals surface area contributed by atoms with E-state index in [0.717, 1.165) is 6.42 Å². The van der Waals surface area contributed by atoms with E-state index in [2.05, 4.69) is 65.0 Å². The minimum atomic E-state index is 0.833. The summed E-state index contributed by atoms with van der Waals surface area (Å²) >= 11 is 0. The molecular weight excluding hydrogens is 216 g/mol. The molecule has 0 N–H and O–H groups in total. The highest BCUT2D eigenvalue weighted by Gasteiger charge is 2.08. The molecule has 0 unspecified atom stereocenters. The van der Waals surface area contributed by atoms with Crippen LogP contribution in [0.3, 0.4) is 0 Å². The Bertz CT molecular complexity index is 616. The monoisotopic (exact) mass is 237 g/mol. The molecule has 0 aliphatic carbocycles. The molecule has 2 rings (SSSR count). The van der Waals surface area contributed by atoms with Crippen molar-refractivity contribution in [3.05, 3.63) is 59.0 Å². The molecule has 18 heavy (non-hydrogen) atoms. The van der Waals surface area contributed by atoms with Gasteiger partial charge < -0.3 is 0 Å². The molecule has 0 saturated carbocycles. The van der Waals surface area contributed by atoms with Crippen LogP contribution in [0.5, 0.6) is 0 Å². The van der Waals surface area contributed by atoms with Gasteiger partial charge in [0.2, 0.25) is 0 Å². The fraction of sp³-hybridized carbons (Fsp3) is 0.278. The standard InChI is InChI=1S/C18H21/c1-6-7-8-16-11-13(3)15(5)18-14(4)9-12(2)10-17(16)18/h7-11H,1,6H2,2-5H3. The number of allylic oxidation sites excluding steroid dienone is 1. The lowest BCUT2D eigenvalue weighted by atomic mass is 9.91. The first-order valence-electron chi connectivity index (χ1n) is 6.51. The molecule has 0 nitrogen and oxygen atoms in total. The maximum Gasteiger partial charge on any atom is -0.0103 e. The van der Waals surface area contributed by atoms with Gasteiger partial charge in [0.15, 0.2) is 0 Å². The molecule has 0 aliphatic rings. The molecular formula is C18H21. The van der Waals surface area contributed by atoms with Gasteiger partial charge >= 0.3 is 0 Å². The lowest BCUT2D eigenvalue weighted by molar-refractivity contribution is 1.34. The van der Waals surface area contributed by atoms with E-state index in [1.54, 1.807) is 0 Å². The highest BCUT2D eigenvalue weighted by atomic mass is 14.1. The Morgan fingerprint density at radius 2 is 1.72 bits per heavy atom. The molecule has 2 aromatic rings. The minimum Gasteiger partial charge on any atom is -0.0839 e. The van der Waals surface area contributed by atoms with E-state index >= 15 is 0 Å². The Kier molecular flexibility index (Phi) is 3.56. The molecule has 1 radical (unpaired) electrons. The van der Waals surface area contributed by atoms with E-state index in [1.165, 1.54) is 38.6 Å². The van der Waals surface area contributed by atoms with Gasteiger partial charge in [-0.3, -0.25) is 0 Å². The molecule has 0 heteroatoms. The first-order valence-corrected chi connectivity index (χ1v) is 6.51. The van der Waals surface area contributed by atoms with Crippen LogP contribution in [0.25, 0.3) is 16.8 Å². The predicted molar refractivity (Wildman–Crippen MR) is 81.9 cm³/mol. The van der Waals surface area contributed by atoms with Crippen molar-refractivity contribution in [1.29, 1.82) is 0 Å². The Morgan fingerprint density at radius 1 is 1.00 bits per heavy atom.